The molecule has 57 heavy (non-hydrogen) atoms. The highest BCUT2D eigenvalue weighted by Crippen LogP contribution is 2.39. The fourth-order valence-corrected chi connectivity index (χ4v) is 9.22. The van der Waals surface area contributed by atoms with Gasteiger partial charge in [0.25, 0.3) is 0 Å². The molecule has 2 saturated heterocycles. The van der Waals surface area contributed by atoms with Crippen LogP contribution in [0.15, 0.2) is 36.5 Å². The topological polar surface area (TPSA) is 160 Å². The molecule has 2 aromatic rings. The number of likely N-dealkylation sites (N-methyl/N-ethyl adjacent to an activating group) is 1. The molecule has 0 amide bonds. The molecule has 0 bridgehead atoms. The quantitative estimate of drug-likeness (QED) is 0.283. The molecule has 0 saturated carbocycles. The zero-order chi connectivity index (χ0) is 42.4. The predicted molar refractivity (Wildman–Crippen MR) is 218 cm³/mol. The summed E-state index contributed by atoms with van der Waals surface area (Å²) in [6.07, 6.45) is -1.83. The van der Waals surface area contributed by atoms with Gasteiger partial charge in [-0.1, -0.05) is 39.0 Å². The third-order valence-electron chi connectivity index (χ3n) is 12.6. The van der Waals surface area contributed by atoms with E-state index < -0.39 is 77.8 Å². The Morgan fingerprint density at radius 2 is 1.77 bits per heavy atom. The summed E-state index contributed by atoms with van der Waals surface area (Å²) in [6.45, 7) is 17.1. The number of aliphatic hydroxyl groups is 3. The lowest BCUT2D eigenvalue weighted by atomic mass is 9.77. The molecule has 0 radical (unpaired) electrons. The number of carbonyl (C=O) groups is 2. The summed E-state index contributed by atoms with van der Waals surface area (Å²) < 4.78 is 31.5. The summed E-state index contributed by atoms with van der Waals surface area (Å²) in [7, 11) is 5.45. The summed E-state index contributed by atoms with van der Waals surface area (Å²) in [4.78, 5) is 35.0. The average Bonchev–Trinajstić information content (AvgIpc) is 3.16. The van der Waals surface area contributed by atoms with E-state index in [4.69, 9.17) is 23.7 Å². The van der Waals surface area contributed by atoms with Gasteiger partial charge in [-0.05, 0) is 111 Å². The van der Waals surface area contributed by atoms with E-state index in [2.05, 4.69) is 22.9 Å². The van der Waals surface area contributed by atoms with E-state index in [1.165, 1.54) is 19.4 Å². The van der Waals surface area contributed by atoms with Crippen LogP contribution in [-0.4, -0.2) is 143 Å². The van der Waals surface area contributed by atoms with Crippen LogP contribution in [0.2, 0.25) is 0 Å². The van der Waals surface area contributed by atoms with Crippen molar-refractivity contribution in [3.8, 4) is 0 Å². The van der Waals surface area contributed by atoms with Gasteiger partial charge in [-0.2, -0.15) is 0 Å². The fourth-order valence-electron chi connectivity index (χ4n) is 9.22. The van der Waals surface area contributed by atoms with Crippen molar-refractivity contribution >= 4 is 22.8 Å². The van der Waals surface area contributed by atoms with Gasteiger partial charge in [0.2, 0.25) is 0 Å². The van der Waals surface area contributed by atoms with E-state index in [0.29, 0.717) is 25.9 Å². The normalized spacial score (nSPS) is 38.0. The van der Waals surface area contributed by atoms with E-state index in [1.807, 2.05) is 77.2 Å². The van der Waals surface area contributed by atoms with Crippen molar-refractivity contribution in [3.05, 3.63) is 42.1 Å². The summed E-state index contributed by atoms with van der Waals surface area (Å²) in [5.74, 6) is -3.00. The maximum Gasteiger partial charge on any atom is 0.311 e. The van der Waals surface area contributed by atoms with Crippen molar-refractivity contribution in [2.45, 2.75) is 161 Å². The van der Waals surface area contributed by atoms with Crippen LogP contribution in [0, 0.1) is 17.8 Å². The smallest absolute Gasteiger partial charge is 0.311 e. The highest BCUT2D eigenvalue weighted by atomic mass is 16.7. The molecular formula is C44H71N3O10. The maximum atomic E-state index is 13.9. The molecule has 4 rings (SSSR count). The standard InChI is InChI=1S/C44H71N3O10/c1-13-36-44(9,52)39(50)30(6)47(22-16-17-32-20-21-45-34-19-15-14-18-33(32)34)25-26(2)24-43(8,53-12)40(28(4)37(49)29(5)41(51)56-36)57-42-38(55-31(7)48)35(46(10)11)23-27(3)54-42/h14-15,18-21,26-30,35-40,42,49-50,52H,13,16-17,22-25H2,1-12H3/t26-,27-,28+,29-,30-,35?,36-,37?,38?,39?,40?,42?,43?,44?/m1/s1. The first kappa shape index (κ1) is 46.9. The maximum absolute atomic E-state index is 13.9. The van der Waals surface area contributed by atoms with Gasteiger partial charge in [-0.3, -0.25) is 19.5 Å². The van der Waals surface area contributed by atoms with E-state index in [0.717, 1.165) is 23.7 Å². The molecule has 2 aliphatic rings. The number of ether oxygens (including phenoxy) is 5. The molecule has 3 heterocycles. The monoisotopic (exact) mass is 802 g/mol. The fraction of sp³-hybridized carbons (Fsp3) is 0.750. The summed E-state index contributed by atoms with van der Waals surface area (Å²) in [5.41, 5.74) is -0.740. The first-order chi connectivity index (χ1) is 26.7. The van der Waals surface area contributed by atoms with E-state index in [-0.39, 0.29) is 24.5 Å². The number of fused-ring (bicyclic) bond motifs is 1. The number of carbonyl (C=O) groups excluding carboxylic acids is 2. The van der Waals surface area contributed by atoms with Crippen molar-refractivity contribution in [2.75, 3.05) is 34.3 Å². The number of aromatic nitrogens is 1. The summed E-state index contributed by atoms with van der Waals surface area (Å²) >= 11 is 0. The third kappa shape index (κ3) is 11.1. The Labute approximate surface area is 340 Å². The Bertz CT molecular complexity index is 1600. The molecule has 0 spiro atoms. The van der Waals surface area contributed by atoms with Gasteiger partial charge >= 0.3 is 11.9 Å². The zero-order valence-electron chi connectivity index (χ0n) is 36.4. The van der Waals surface area contributed by atoms with Crippen LogP contribution in [0.5, 0.6) is 0 Å². The molecular weight excluding hydrogens is 730 g/mol. The van der Waals surface area contributed by atoms with Gasteiger partial charge in [-0.25, -0.2) is 0 Å². The second-order valence-corrected chi connectivity index (χ2v) is 17.5. The number of esters is 2. The second kappa shape index (κ2) is 20.0. The number of pyridine rings is 1. The van der Waals surface area contributed by atoms with Crippen LogP contribution < -0.4 is 0 Å². The number of nitrogens with zero attached hydrogens (tertiary/aromatic N) is 3. The van der Waals surface area contributed by atoms with Crippen LogP contribution in [0.3, 0.4) is 0 Å². The first-order valence-corrected chi connectivity index (χ1v) is 20.8. The molecule has 8 unspecified atom stereocenters. The van der Waals surface area contributed by atoms with Gasteiger partial charge < -0.3 is 43.9 Å². The van der Waals surface area contributed by atoms with Crippen LogP contribution in [-0.2, 0) is 39.7 Å². The van der Waals surface area contributed by atoms with Crippen molar-refractivity contribution in [1.82, 2.24) is 14.8 Å². The molecule has 13 nitrogen and oxygen atoms in total. The summed E-state index contributed by atoms with van der Waals surface area (Å²) in [5, 5.41) is 37.0. The lowest BCUT2D eigenvalue weighted by molar-refractivity contribution is -0.303. The largest absolute Gasteiger partial charge is 0.459 e. The predicted octanol–water partition coefficient (Wildman–Crippen LogP) is 4.75. The molecule has 2 aliphatic heterocycles. The van der Waals surface area contributed by atoms with E-state index in [1.54, 1.807) is 21.0 Å². The number of methoxy groups -OCH3 is 1. The molecule has 2 fully saturated rings. The number of hydrogen-bond acceptors (Lipinski definition) is 13. The van der Waals surface area contributed by atoms with Crippen LogP contribution in [0.25, 0.3) is 10.9 Å². The van der Waals surface area contributed by atoms with Gasteiger partial charge in [-0.15, -0.1) is 0 Å². The Morgan fingerprint density at radius 3 is 2.40 bits per heavy atom. The number of benzene rings is 1. The molecule has 14 atom stereocenters. The molecule has 0 aliphatic carbocycles. The molecule has 1 aromatic heterocycles. The van der Waals surface area contributed by atoms with Gasteiger partial charge in [0.1, 0.15) is 17.8 Å². The van der Waals surface area contributed by atoms with Crippen LogP contribution >= 0.6 is 0 Å². The van der Waals surface area contributed by atoms with E-state index >= 15 is 0 Å². The first-order valence-electron chi connectivity index (χ1n) is 20.8. The lowest BCUT2D eigenvalue weighted by Crippen LogP contribution is -2.60. The number of cyclic esters (lactones) is 1. The van der Waals surface area contributed by atoms with Gasteiger partial charge in [0, 0.05) is 44.1 Å². The van der Waals surface area contributed by atoms with Crippen LogP contribution in [0.1, 0.15) is 93.6 Å². The van der Waals surface area contributed by atoms with Crippen molar-refractivity contribution in [3.63, 3.8) is 0 Å². The van der Waals surface area contributed by atoms with Crippen molar-refractivity contribution < 1.29 is 48.6 Å². The average molecular weight is 802 g/mol. The van der Waals surface area contributed by atoms with E-state index in [9.17, 15) is 24.9 Å². The number of hydrogen-bond donors (Lipinski definition) is 3. The van der Waals surface area contributed by atoms with Gasteiger partial charge in [0.15, 0.2) is 12.4 Å². The number of para-hydroxylation sites is 1. The zero-order valence-corrected chi connectivity index (χ0v) is 36.4. The Morgan fingerprint density at radius 1 is 1.09 bits per heavy atom. The SMILES string of the molecule is CC[C@H]1OC(=O)[C@H](C)C(O)[C@H](C)C(OC2O[C@H](C)CC(N(C)C)C2OC(C)=O)C(C)(OC)C[C@@H](C)CN(CCCc2ccnc3ccccc23)[C@H](C)C(O)C1(C)O. The minimum Gasteiger partial charge on any atom is -0.459 e. The number of rotatable bonds is 10. The molecule has 322 valence electrons. The molecule has 13 heteroatoms. The second-order valence-electron chi connectivity index (χ2n) is 17.5. The minimum absolute atomic E-state index is 0.0564. The third-order valence-corrected chi connectivity index (χ3v) is 12.6. The van der Waals surface area contributed by atoms with Crippen molar-refractivity contribution in [2.24, 2.45) is 17.8 Å². The van der Waals surface area contributed by atoms with Crippen molar-refractivity contribution in [1.29, 1.82) is 0 Å². The lowest BCUT2D eigenvalue weighted by Gasteiger charge is -2.48. The minimum atomic E-state index is -1.81. The Hall–Kier alpha value is -2.75. The van der Waals surface area contributed by atoms with Crippen LogP contribution in [0.4, 0.5) is 0 Å². The number of aliphatic hydroxyl groups excluding tert-OH is 2. The Kier molecular flexibility index (Phi) is 16.5. The molecule has 1 aromatic carbocycles. The van der Waals surface area contributed by atoms with Gasteiger partial charge in [0.05, 0.1) is 41.4 Å². The highest BCUT2D eigenvalue weighted by Gasteiger charge is 2.51. The number of aryl methyl sites for hydroxylation is 1. The highest BCUT2D eigenvalue weighted by molar-refractivity contribution is 5.81. The summed E-state index contributed by atoms with van der Waals surface area (Å²) in [6, 6.07) is 9.37. The molecule has 3 N–H and O–H groups in total. The Balaban J connectivity index is 1.75.